The van der Waals surface area contributed by atoms with Gasteiger partial charge in [-0.25, -0.2) is 9.59 Å². The van der Waals surface area contributed by atoms with Gasteiger partial charge >= 0.3 is 12.1 Å². The molecule has 0 fully saturated rings. The van der Waals surface area contributed by atoms with Crippen LogP contribution in [0, 0.1) is 0 Å². The van der Waals surface area contributed by atoms with E-state index >= 15 is 0 Å². The lowest BCUT2D eigenvalue weighted by atomic mass is 10.0. The molecule has 1 atom stereocenters. The van der Waals surface area contributed by atoms with Gasteiger partial charge in [-0.15, -0.1) is 0 Å². The number of nitrogens with one attached hydrogen (secondary N) is 1. The molecule has 3 N–H and O–H groups in total. The summed E-state index contributed by atoms with van der Waals surface area (Å²) in [5.41, 5.74) is 0.479. The molecule has 0 saturated carbocycles. The molecule has 0 saturated heterocycles. The highest BCUT2D eigenvalue weighted by molar-refractivity contribution is 6.74. The largest absolute Gasteiger partial charge is 0.506 e. The number of methoxy groups -OCH3 is 1. The van der Waals surface area contributed by atoms with Crippen LogP contribution < -0.4 is 10.3 Å². The molecule has 228 valence electrons. The Kier molecular flexibility index (Phi) is 9.48. The van der Waals surface area contributed by atoms with Crippen LogP contribution in [0.3, 0.4) is 0 Å². The van der Waals surface area contributed by atoms with E-state index in [0.717, 1.165) is 0 Å². The Morgan fingerprint density at radius 3 is 2.26 bits per heavy atom. The molecule has 2 aromatic carbocycles. The van der Waals surface area contributed by atoms with Crippen LogP contribution in [-0.2, 0) is 15.7 Å². The Balaban J connectivity index is 2.16. The molecule has 1 aromatic heterocycles. The fraction of sp³-hybridized carbons (Fsp3) is 0.452. The number of aromatic carboxylic acids is 1. The van der Waals surface area contributed by atoms with Gasteiger partial charge in [-0.2, -0.15) is 0 Å². The number of benzene rings is 2. The van der Waals surface area contributed by atoms with Crippen molar-refractivity contribution >= 4 is 31.3 Å². The zero-order valence-electron chi connectivity index (χ0n) is 25.8. The number of pyridine rings is 1. The Bertz CT molecular complexity index is 1520. The van der Waals surface area contributed by atoms with Crippen molar-refractivity contribution in [1.82, 2.24) is 9.88 Å². The lowest BCUT2D eigenvalue weighted by Crippen LogP contribution is -2.45. The number of amides is 1. The molecule has 0 radical (unpaired) electrons. The van der Waals surface area contributed by atoms with Gasteiger partial charge in [-0.1, -0.05) is 32.9 Å². The van der Waals surface area contributed by atoms with Gasteiger partial charge in [0, 0.05) is 18.0 Å². The maximum absolute atomic E-state index is 13.6. The van der Waals surface area contributed by atoms with E-state index in [-0.39, 0.29) is 46.3 Å². The van der Waals surface area contributed by atoms with Crippen LogP contribution in [0.1, 0.15) is 69.1 Å². The zero-order chi connectivity index (χ0) is 31.6. The standard InChI is InChI=1S/C31H42N2O8Si/c1-30(2,3)40-29(38)33(17-19-10-11-22(28(36)37)24(16-19)39-7)18-25(41-42(8,9)31(4,5)6)20-12-14-23(34)27-21(20)13-15-26(35)32-27/h10-16,25,34H,17-18H2,1-9H3,(H,32,35)(H,36,37). The van der Waals surface area contributed by atoms with Gasteiger partial charge in [0.05, 0.1) is 25.3 Å². The molecule has 0 aliphatic rings. The number of aromatic hydroxyl groups is 1. The molecular weight excluding hydrogens is 556 g/mol. The number of carbonyl (C=O) groups is 2. The van der Waals surface area contributed by atoms with E-state index in [1.54, 1.807) is 45.0 Å². The average Bonchev–Trinajstić information content (AvgIpc) is 2.86. The number of fused-ring (bicyclic) bond motifs is 1. The summed E-state index contributed by atoms with van der Waals surface area (Å²) in [5.74, 6) is -1.03. The third-order valence-electron chi connectivity index (χ3n) is 7.40. The molecule has 1 unspecified atom stereocenters. The summed E-state index contributed by atoms with van der Waals surface area (Å²) in [6.07, 6.45) is -1.24. The fourth-order valence-electron chi connectivity index (χ4n) is 4.23. The number of nitrogens with zero attached hydrogens (tertiary/aromatic N) is 1. The summed E-state index contributed by atoms with van der Waals surface area (Å²) in [5, 5.41) is 20.5. The van der Waals surface area contributed by atoms with Crippen LogP contribution in [0.4, 0.5) is 4.79 Å². The number of carboxylic acid groups (broad SMARTS) is 1. The highest BCUT2D eigenvalue weighted by Crippen LogP contribution is 2.41. The summed E-state index contributed by atoms with van der Waals surface area (Å²) < 4.78 is 18.0. The molecule has 0 spiro atoms. The monoisotopic (exact) mass is 598 g/mol. The minimum absolute atomic E-state index is 0.00811. The van der Waals surface area contributed by atoms with Crippen LogP contribution in [0.15, 0.2) is 47.3 Å². The Hall–Kier alpha value is -3.83. The quantitative estimate of drug-likeness (QED) is 0.239. The summed E-state index contributed by atoms with van der Waals surface area (Å²) >= 11 is 0. The van der Waals surface area contributed by atoms with Crippen LogP contribution in [0.5, 0.6) is 11.5 Å². The van der Waals surface area contributed by atoms with E-state index in [9.17, 15) is 24.6 Å². The Morgan fingerprint density at radius 1 is 1.02 bits per heavy atom. The Morgan fingerprint density at radius 2 is 1.69 bits per heavy atom. The first kappa shape index (κ1) is 32.7. The van der Waals surface area contributed by atoms with Crippen molar-refractivity contribution in [3.05, 3.63) is 69.5 Å². The number of aromatic nitrogens is 1. The van der Waals surface area contributed by atoms with E-state index in [4.69, 9.17) is 13.9 Å². The minimum atomic E-state index is -2.44. The van der Waals surface area contributed by atoms with E-state index in [1.807, 2.05) is 0 Å². The van der Waals surface area contributed by atoms with Crippen molar-refractivity contribution in [1.29, 1.82) is 0 Å². The number of carbonyl (C=O) groups excluding carboxylic acids is 1. The second-order valence-corrected chi connectivity index (χ2v) is 17.6. The van der Waals surface area contributed by atoms with E-state index < -0.39 is 32.1 Å². The summed E-state index contributed by atoms with van der Waals surface area (Å²) in [7, 11) is -1.05. The second kappa shape index (κ2) is 12.2. The molecule has 3 aromatic rings. The van der Waals surface area contributed by atoms with Crippen LogP contribution >= 0.6 is 0 Å². The molecule has 11 heteroatoms. The smallest absolute Gasteiger partial charge is 0.410 e. The van der Waals surface area contributed by atoms with Crippen molar-refractivity contribution in [3.63, 3.8) is 0 Å². The van der Waals surface area contributed by atoms with Crippen LogP contribution in [0.2, 0.25) is 18.1 Å². The number of phenolic OH excluding ortho intramolecular Hbond substituents is 1. The number of H-pyrrole nitrogens is 1. The van der Waals surface area contributed by atoms with E-state index in [1.165, 1.54) is 30.2 Å². The van der Waals surface area contributed by atoms with Gasteiger partial charge in [-0.05, 0) is 74.3 Å². The molecule has 0 bridgehead atoms. The van der Waals surface area contributed by atoms with Crippen molar-refractivity contribution in [2.45, 2.75) is 77.9 Å². The maximum Gasteiger partial charge on any atom is 0.410 e. The molecule has 0 aliphatic carbocycles. The first-order valence-electron chi connectivity index (χ1n) is 13.7. The predicted molar refractivity (Wildman–Crippen MR) is 164 cm³/mol. The lowest BCUT2D eigenvalue weighted by Gasteiger charge is -2.41. The average molecular weight is 599 g/mol. The van der Waals surface area contributed by atoms with Crippen molar-refractivity contribution < 1.29 is 33.7 Å². The van der Waals surface area contributed by atoms with Gasteiger partial charge in [0.2, 0.25) is 5.56 Å². The minimum Gasteiger partial charge on any atom is -0.506 e. The fourth-order valence-corrected chi connectivity index (χ4v) is 5.50. The normalized spacial score (nSPS) is 13.1. The third kappa shape index (κ3) is 7.71. The van der Waals surface area contributed by atoms with Gasteiger partial charge in [0.15, 0.2) is 8.32 Å². The molecule has 10 nitrogen and oxygen atoms in total. The first-order chi connectivity index (χ1) is 19.3. The molecular formula is C31H42N2O8Si. The topological polar surface area (TPSA) is 138 Å². The number of rotatable bonds is 9. The van der Waals surface area contributed by atoms with Crippen molar-refractivity contribution in [2.24, 2.45) is 0 Å². The number of hydrogen-bond acceptors (Lipinski definition) is 7. The van der Waals surface area contributed by atoms with Crippen molar-refractivity contribution in [3.8, 4) is 11.5 Å². The van der Waals surface area contributed by atoms with Gasteiger partial charge in [0.1, 0.15) is 22.7 Å². The second-order valence-electron chi connectivity index (χ2n) is 12.9. The van der Waals surface area contributed by atoms with Gasteiger partial charge in [-0.3, -0.25) is 4.79 Å². The van der Waals surface area contributed by atoms with Gasteiger partial charge in [0.25, 0.3) is 0 Å². The predicted octanol–water partition coefficient (Wildman–Crippen LogP) is 6.44. The zero-order valence-corrected chi connectivity index (χ0v) is 26.8. The SMILES string of the molecule is COc1cc(CN(CC(O[Si](C)(C)C(C)(C)C)c2ccc(O)c3[nH]c(=O)ccc23)C(=O)OC(C)(C)C)ccc1C(=O)O. The number of hydrogen-bond donors (Lipinski definition) is 3. The molecule has 1 heterocycles. The molecule has 0 aliphatic heterocycles. The van der Waals surface area contributed by atoms with E-state index in [0.29, 0.717) is 16.5 Å². The highest BCUT2D eigenvalue weighted by atomic mass is 28.4. The number of carboxylic acids is 1. The summed E-state index contributed by atoms with van der Waals surface area (Å²) in [6.45, 7) is 16.1. The number of aromatic amines is 1. The van der Waals surface area contributed by atoms with Crippen LogP contribution in [-0.4, -0.2) is 59.7 Å². The van der Waals surface area contributed by atoms with Crippen molar-refractivity contribution in [2.75, 3.05) is 13.7 Å². The number of ether oxygens (including phenoxy) is 2. The third-order valence-corrected chi connectivity index (χ3v) is 11.9. The summed E-state index contributed by atoms with van der Waals surface area (Å²) in [6, 6.07) is 10.9. The van der Waals surface area contributed by atoms with Gasteiger partial charge < -0.3 is 34.0 Å². The molecule has 1 amide bonds. The highest BCUT2D eigenvalue weighted by Gasteiger charge is 2.41. The van der Waals surface area contributed by atoms with Crippen LogP contribution in [0.25, 0.3) is 10.9 Å². The van der Waals surface area contributed by atoms with E-state index in [2.05, 4.69) is 38.8 Å². The number of phenols is 1. The summed E-state index contributed by atoms with van der Waals surface area (Å²) in [4.78, 5) is 41.6. The Labute approximate surface area is 247 Å². The first-order valence-corrected chi connectivity index (χ1v) is 16.6. The lowest BCUT2D eigenvalue weighted by molar-refractivity contribution is 0.0137. The molecule has 3 rings (SSSR count). The molecule has 42 heavy (non-hydrogen) atoms. The maximum atomic E-state index is 13.6.